The van der Waals surface area contributed by atoms with Gasteiger partial charge in [-0.25, -0.2) is 13.2 Å². The van der Waals surface area contributed by atoms with Gasteiger partial charge < -0.3 is 14.4 Å². The SMILES string of the molecule is CS(=O)(=O)C1CSCCN1C(=O)c1cc(C(=O)O)co1. The molecule has 1 fully saturated rings. The Balaban J connectivity index is 2.27. The molecular formula is C11H13NO6S2. The van der Waals surface area contributed by atoms with Gasteiger partial charge in [-0.05, 0) is 0 Å². The number of carbonyl (C=O) groups is 2. The van der Waals surface area contributed by atoms with Crippen molar-refractivity contribution >= 4 is 33.5 Å². The first-order valence-corrected chi connectivity index (χ1v) is 8.81. The first-order valence-electron chi connectivity index (χ1n) is 5.70. The molecule has 2 heterocycles. The van der Waals surface area contributed by atoms with Crippen LogP contribution in [0.25, 0.3) is 0 Å². The zero-order valence-corrected chi connectivity index (χ0v) is 12.2. The maximum atomic E-state index is 12.3. The molecule has 0 aromatic carbocycles. The van der Waals surface area contributed by atoms with Crippen molar-refractivity contribution in [2.75, 3.05) is 24.3 Å². The fourth-order valence-corrected chi connectivity index (χ4v) is 4.69. The molecule has 1 aliphatic rings. The number of rotatable bonds is 3. The van der Waals surface area contributed by atoms with Gasteiger partial charge in [0.15, 0.2) is 15.6 Å². The van der Waals surface area contributed by atoms with Crippen molar-refractivity contribution in [2.24, 2.45) is 0 Å². The molecule has 1 N–H and O–H groups in total. The van der Waals surface area contributed by atoms with E-state index >= 15 is 0 Å². The lowest BCUT2D eigenvalue weighted by Crippen LogP contribution is -2.49. The van der Waals surface area contributed by atoms with Gasteiger partial charge in [0.1, 0.15) is 11.6 Å². The van der Waals surface area contributed by atoms with Crippen molar-refractivity contribution < 1.29 is 27.5 Å². The number of thioether (sulfide) groups is 1. The van der Waals surface area contributed by atoms with Gasteiger partial charge >= 0.3 is 5.97 Å². The van der Waals surface area contributed by atoms with Gasteiger partial charge in [-0.15, -0.1) is 0 Å². The number of sulfone groups is 1. The highest BCUT2D eigenvalue weighted by Crippen LogP contribution is 2.23. The molecule has 1 saturated heterocycles. The second-order valence-corrected chi connectivity index (χ2v) is 7.72. The van der Waals surface area contributed by atoms with E-state index in [-0.39, 0.29) is 17.9 Å². The van der Waals surface area contributed by atoms with E-state index in [9.17, 15) is 18.0 Å². The van der Waals surface area contributed by atoms with Crippen LogP contribution in [-0.2, 0) is 9.84 Å². The Kier molecular flexibility index (Phi) is 4.09. The number of carbonyl (C=O) groups excluding carboxylic acids is 1. The summed E-state index contributed by atoms with van der Waals surface area (Å²) in [5.41, 5.74) is -0.143. The third-order valence-electron chi connectivity index (χ3n) is 2.90. The quantitative estimate of drug-likeness (QED) is 0.866. The summed E-state index contributed by atoms with van der Waals surface area (Å²) in [7, 11) is -3.41. The largest absolute Gasteiger partial charge is 0.478 e. The molecule has 0 aliphatic carbocycles. The summed E-state index contributed by atoms with van der Waals surface area (Å²) in [4.78, 5) is 24.2. The van der Waals surface area contributed by atoms with Crippen molar-refractivity contribution in [1.29, 1.82) is 0 Å². The highest BCUT2D eigenvalue weighted by Gasteiger charge is 2.35. The second kappa shape index (κ2) is 5.49. The number of hydrogen-bond donors (Lipinski definition) is 1. The monoisotopic (exact) mass is 319 g/mol. The number of carboxylic acids is 1. The van der Waals surface area contributed by atoms with Gasteiger partial charge in [-0.2, -0.15) is 11.8 Å². The van der Waals surface area contributed by atoms with Gasteiger partial charge in [-0.3, -0.25) is 4.79 Å². The zero-order chi connectivity index (χ0) is 14.9. The first-order chi connectivity index (χ1) is 9.30. The predicted molar refractivity (Wildman–Crippen MR) is 72.7 cm³/mol. The fraction of sp³-hybridized carbons (Fsp3) is 0.455. The molecule has 1 aromatic rings. The average Bonchev–Trinajstić information content (AvgIpc) is 2.86. The molecule has 1 aliphatic heterocycles. The Bertz CT molecular complexity index is 635. The fourth-order valence-electron chi connectivity index (χ4n) is 1.87. The van der Waals surface area contributed by atoms with Gasteiger partial charge in [0.05, 0.1) is 5.56 Å². The van der Waals surface area contributed by atoms with Crippen LogP contribution in [0.3, 0.4) is 0 Å². The predicted octanol–water partition coefficient (Wildman–Crippen LogP) is 0.538. The van der Waals surface area contributed by atoms with Gasteiger partial charge in [0, 0.05) is 30.4 Å². The summed E-state index contributed by atoms with van der Waals surface area (Å²) < 4.78 is 28.4. The zero-order valence-electron chi connectivity index (χ0n) is 10.6. The van der Waals surface area contributed by atoms with Crippen LogP contribution in [0.2, 0.25) is 0 Å². The molecular weight excluding hydrogens is 306 g/mol. The molecule has 20 heavy (non-hydrogen) atoms. The first kappa shape index (κ1) is 14.9. The Morgan fingerprint density at radius 3 is 2.75 bits per heavy atom. The summed E-state index contributed by atoms with van der Waals surface area (Å²) in [5.74, 6) is -1.04. The summed E-state index contributed by atoms with van der Waals surface area (Å²) in [6, 6.07) is 1.10. The van der Waals surface area contributed by atoms with Crippen LogP contribution < -0.4 is 0 Å². The van der Waals surface area contributed by atoms with Crippen LogP contribution in [0, 0.1) is 0 Å². The molecule has 0 saturated carbocycles. The lowest BCUT2D eigenvalue weighted by Gasteiger charge is -2.33. The lowest BCUT2D eigenvalue weighted by atomic mass is 10.3. The van der Waals surface area contributed by atoms with E-state index in [0.717, 1.165) is 18.6 Å². The van der Waals surface area contributed by atoms with Crippen molar-refractivity contribution in [3.05, 3.63) is 23.7 Å². The Labute approximate surface area is 119 Å². The van der Waals surface area contributed by atoms with Crippen LogP contribution in [0.5, 0.6) is 0 Å². The van der Waals surface area contributed by atoms with E-state index < -0.39 is 27.1 Å². The molecule has 1 atom stereocenters. The summed E-state index contributed by atoms with van der Waals surface area (Å²) in [5, 5.41) is 7.88. The van der Waals surface area contributed by atoms with Crippen LogP contribution in [0.15, 0.2) is 16.7 Å². The Hall–Kier alpha value is -1.48. The minimum Gasteiger partial charge on any atom is -0.478 e. The second-order valence-electron chi connectivity index (χ2n) is 4.36. The molecule has 1 unspecified atom stereocenters. The van der Waals surface area contributed by atoms with Crippen LogP contribution in [0.4, 0.5) is 0 Å². The van der Waals surface area contributed by atoms with Crippen molar-refractivity contribution in [2.45, 2.75) is 5.37 Å². The average molecular weight is 319 g/mol. The summed E-state index contributed by atoms with van der Waals surface area (Å²) >= 11 is 1.46. The molecule has 0 spiro atoms. The highest BCUT2D eigenvalue weighted by atomic mass is 32.2. The van der Waals surface area contributed by atoms with E-state index in [2.05, 4.69) is 0 Å². The van der Waals surface area contributed by atoms with Crippen LogP contribution in [0.1, 0.15) is 20.9 Å². The summed E-state index contributed by atoms with van der Waals surface area (Å²) in [6.45, 7) is 0.282. The third-order valence-corrected chi connectivity index (χ3v) is 5.54. The molecule has 1 amide bonds. The number of amides is 1. The van der Waals surface area contributed by atoms with Crippen molar-refractivity contribution in [3.8, 4) is 0 Å². The van der Waals surface area contributed by atoms with Crippen LogP contribution >= 0.6 is 11.8 Å². The molecule has 110 valence electrons. The lowest BCUT2D eigenvalue weighted by molar-refractivity contribution is 0.0693. The van der Waals surface area contributed by atoms with Crippen LogP contribution in [-0.4, -0.2) is 60.0 Å². The molecule has 9 heteroatoms. The van der Waals surface area contributed by atoms with Crippen molar-refractivity contribution in [3.63, 3.8) is 0 Å². The minimum atomic E-state index is -3.41. The van der Waals surface area contributed by atoms with Gasteiger partial charge in [-0.1, -0.05) is 0 Å². The molecule has 0 radical (unpaired) electrons. The van der Waals surface area contributed by atoms with Crippen molar-refractivity contribution in [1.82, 2.24) is 4.90 Å². The number of aromatic carboxylic acids is 1. The number of furan rings is 1. The summed E-state index contributed by atoms with van der Waals surface area (Å²) in [6.07, 6.45) is 2.04. The normalized spacial score (nSPS) is 19.9. The molecule has 0 bridgehead atoms. The van der Waals surface area contributed by atoms with E-state index in [1.165, 1.54) is 16.7 Å². The van der Waals surface area contributed by atoms with Gasteiger partial charge in [0.2, 0.25) is 0 Å². The molecule has 7 nitrogen and oxygen atoms in total. The number of carboxylic acid groups (broad SMARTS) is 1. The standard InChI is InChI=1S/C11H13NO6S2/c1-20(16,17)9-6-19-3-2-12(9)10(13)8-4-7(5-18-8)11(14)15/h4-5,9H,2-3,6H2,1H3,(H,14,15). The van der Waals surface area contributed by atoms with E-state index in [0.29, 0.717) is 11.5 Å². The Morgan fingerprint density at radius 2 is 2.20 bits per heavy atom. The highest BCUT2D eigenvalue weighted by molar-refractivity contribution is 8.00. The van der Waals surface area contributed by atoms with E-state index in [4.69, 9.17) is 9.52 Å². The Morgan fingerprint density at radius 1 is 1.50 bits per heavy atom. The topological polar surface area (TPSA) is 105 Å². The number of nitrogens with zero attached hydrogens (tertiary/aromatic N) is 1. The van der Waals surface area contributed by atoms with E-state index in [1.54, 1.807) is 0 Å². The van der Waals surface area contributed by atoms with Gasteiger partial charge in [0.25, 0.3) is 5.91 Å². The minimum absolute atomic E-state index is 0.143. The third kappa shape index (κ3) is 2.98. The smallest absolute Gasteiger partial charge is 0.338 e. The molecule has 2 rings (SSSR count). The number of hydrogen-bond acceptors (Lipinski definition) is 6. The maximum Gasteiger partial charge on any atom is 0.338 e. The maximum absolute atomic E-state index is 12.3. The molecule has 1 aromatic heterocycles. The van der Waals surface area contributed by atoms with E-state index in [1.807, 2.05) is 0 Å².